The van der Waals surface area contributed by atoms with Gasteiger partial charge in [0.05, 0.1) is 29.2 Å². The second kappa shape index (κ2) is 8.47. The van der Waals surface area contributed by atoms with E-state index in [0.29, 0.717) is 23.7 Å². The molecule has 0 bridgehead atoms. The van der Waals surface area contributed by atoms with Crippen molar-refractivity contribution in [2.75, 3.05) is 17.7 Å². The zero-order chi connectivity index (χ0) is 19.5. The summed E-state index contributed by atoms with van der Waals surface area (Å²) in [5.41, 5.74) is 1.56. The van der Waals surface area contributed by atoms with Crippen molar-refractivity contribution in [3.63, 3.8) is 0 Å². The predicted octanol–water partition coefficient (Wildman–Crippen LogP) is 4.25. The Bertz CT molecular complexity index is 881. The third-order valence-corrected chi connectivity index (χ3v) is 6.73. The van der Waals surface area contributed by atoms with Gasteiger partial charge in [-0.15, -0.1) is 11.8 Å². The highest BCUT2D eigenvalue weighted by atomic mass is 32.2. The second-order valence-corrected chi connectivity index (χ2v) is 8.62. The molecule has 0 saturated heterocycles. The maximum atomic E-state index is 12.9. The normalized spacial score (nSPS) is 20.3. The molecule has 2 aromatic rings. The molecular weight excluding hydrogens is 374 g/mol. The molecule has 7 heteroatoms. The van der Waals surface area contributed by atoms with Crippen LogP contribution in [0, 0.1) is 0 Å². The molecule has 2 heterocycles. The Labute approximate surface area is 169 Å². The van der Waals surface area contributed by atoms with E-state index in [-0.39, 0.29) is 22.8 Å². The van der Waals surface area contributed by atoms with Gasteiger partial charge in [-0.05, 0) is 37.0 Å². The zero-order valence-electron chi connectivity index (χ0n) is 16.2. The molecule has 1 amide bonds. The van der Waals surface area contributed by atoms with Gasteiger partial charge in [-0.2, -0.15) is 0 Å². The highest BCUT2D eigenvalue weighted by Crippen LogP contribution is 2.42. The van der Waals surface area contributed by atoms with Crippen molar-refractivity contribution in [1.82, 2.24) is 9.78 Å². The lowest BCUT2D eigenvalue weighted by Gasteiger charge is -2.24. The van der Waals surface area contributed by atoms with E-state index in [9.17, 15) is 9.59 Å². The van der Waals surface area contributed by atoms with Crippen LogP contribution in [0.2, 0.25) is 0 Å². The molecule has 0 radical (unpaired) electrons. The summed E-state index contributed by atoms with van der Waals surface area (Å²) >= 11 is 1.50. The number of nitrogens with one attached hydrogen (secondary N) is 2. The van der Waals surface area contributed by atoms with Gasteiger partial charge in [0.2, 0.25) is 5.91 Å². The molecule has 1 unspecified atom stereocenters. The van der Waals surface area contributed by atoms with Crippen molar-refractivity contribution in [2.24, 2.45) is 0 Å². The quantitative estimate of drug-likeness (QED) is 0.785. The molecule has 6 nitrogen and oxygen atoms in total. The Hall–Kier alpha value is -2.15. The van der Waals surface area contributed by atoms with E-state index in [1.807, 2.05) is 28.9 Å². The van der Waals surface area contributed by atoms with Gasteiger partial charge in [-0.3, -0.25) is 19.4 Å². The molecule has 1 saturated carbocycles. The Kier molecular flexibility index (Phi) is 5.80. The van der Waals surface area contributed by atoms with Crippen LogP contribution in [-0.4, -0.2) is 28.0 Å². The minimum absolute atomic E-state index is 0.0554. The molecular formula is C21H27N3O3S. The Morgan fingerprint density at radius 2 is 1.89 bits per heavy atom. The van der Waals surface area contributed by atoms with E-state index in [2.05, 4.69) is 17.3 Å². The third kappa shape index (κ3) is 3.85. The lowest BCUT2D eigenvalue weighted by atomic mass is 9.95. The number of carbonyl (C=O) groups is 1. The maximum absolute atomic E-state index is 12.9. The molecule has 1 fully saturated rings. The molecule has 2 aliphatic rings. The number of aromatic nitrogens is 2. The second-order valence-electron chi connectivity index (χ2n) is 7.52. The number of fused-ring (bicyclic) bond motifs is 1. The maximum Gasteiger partial charge on any atom is 0.270 e. The molecule has 4 rings (SSSR count). The first kappa shape index (κ1) is 19.2. The van der Waals surface area contributed by atoms with E-state index in [0.717, 1.165) is 43.4 Å². The molecule has 2 N–H and O–H groups in total. The molecule has 1 atom stereocenters. The standard InChI is InChI=1S/C21H27N3O3S/c1-2-12-27-16-10-8-14(9-11-16)19-18-20(22-17(25)13-28-19)24(23-21(18)26)15-6-4-3-5-7-15/h8-11,15,19H,2-7,12-13H2,1H3,(H,22,25)(H,23,26). The number of rotatable bonds is 5. The molecule has 150 valence electrons. The van der Waals surface area contributed by atoms with Crippen LogP contribution < -0.4 is 15.6 Å². The van der Waals surface area contributed by atoms with Crippen molar-refractivity contribution in [1.29, 1.82) is 0 Å². The highest BCUT2D eigenvalue weighted by Gasteiger charge is 2.32. The van der Waals surface area contributed by atoms with E-state index in [1.165, 1.54) is 18.2 Å². The summed E-state index contributed by atoms with van der Waals surface area (Å²) in [6, 6.07) is 8.13. The van der Waals surface area contributed by atoms with Gasteiger partial charge >= 0.3 is 0 Å². The Morgan fingerprint density at radius 3 is 2.61 bits per heavy atom. The minimum atomic E-state index is -0.178. The highest BCUT2D eigenvalue weighted by molar-refractivity contribution is 8.00. The number of hydrogen-bond donors (Lipinski definition) is 2. The molecule has 1 aromatic heterocycles. The fraction of sp³-hybridized carbons (Fsp3) is 0.524. The van der Waals surface area contributed by atoms with Crippen LogP contribution in [0.5, 0.6) is 5.75 Å². The van der Waals surface area contributed by atoms with Crippen molar-refractivity contribution >= 4 is 23.5 Å². The summed E-state index contributed by atoms with van der Waals surface area (Å²) in [6.45, 7) is 2.76. The summed E-state index contributed by atoms with van der Waals surface area (Å²) in [5.74, 6) is 1.76. The summed E-state index contributed by atoms with van der Waals surface area (Å²) < 4.78 is 7.59. The number of ether oxygens (including phenoxy) is 1. The fourth-order valence-electron chi connectivity index (χ4n) is 4.08. The molecule has 1 aromatic carbocycles. The van der Waals surface area contributed by atoms with Gasteiger partial charge in [0.1, 0.15) is 11.6 Å². The monoisotopic (exact) mass is 401 g/mol. The fourth-order valence-corrected chi connectivity index (χ4v) is 5.20. The van der Waals surface area contributed by atoms with E-state index < -0.39 is 0 Å². The lowest BCUT2D eigenvalue weighted by molar-refractivity contribution is -0.113. The minimum Gasteiger partial charge on any atom is -0.494 e. The van der Waals surface area contributed by atoms with Gasteiger partial charge in [0, 0.05) is 0 Å². The van der Waals surface area contributed by atoms with E-state index in [1.54, 1.807) is 0 Å². The molecule has 28 heavy (non-hydrogen) atoms. The van der Waals surface area contributed by atoms with Gasteiger partial charge in [0.15, 0.2) is 0 Å². The smallest absolute Gasteiger partial charge is 0.270 e. The van der Waals surface area contributed by atoms with Crippen LogP contribution in [0.3, 0.4) is 0 Å². The number of aromatic amines is 1. The topological polar surface area (TPSA) is 76.1 Å². The van der Waals surface area contributed by atoms with E-state index >= 15 is 0 Å². The van der Waals surface area contributed by atoms with Crippen LogP contribution in [-0.2, 0) is 4.79 Å². The van der Waals surface area contributed by atoms with Crippen LogP contribution in [0.4, 0.5) is 5.82 Å². The van der Waals surface area contributed by atoms with Crippen LogP contribution in [0.25, 0.3) is 0 Å². The number of hydrogen-bond acceptors (Lipinski definition) is 4. The average Bonchev–Trinajstić information content (AvgIpc) is 2.93. The summed E-state index contributed by atoms with van der Waals surface area (Å²) in [6.07, 6.45) is 6.58. The zero-order valence-corrected chi connectivity index (χ0v) is 17.0. The third-order valence-electron chi connectivity index (χ3n) is 5.46. The summed E-state index contributed by atoms with van der Waals surface area (Å²) in [7, 11) is 0. The molecule has 0 spiro atoms. The number of amides is 1. The van der Waals surface area contributed by atoms with Gasteiger partial charge in [-0.25, -0.2) is 0 Å². The number of benzene rings is 1. The van der Waals surface area contributed by atoms with E-state index in [4.69, 9.17) is 4.74 Å². The summed E-state index contributed by atoms with van der Waals surface area (Å²) in [4.78, 5) is 25.3. The van der Waals surface area contributed by atoms with Crippen molar-refractivity contribution in [3.05, 3.63) is 45.7 Å². The molecule has 1 aliphatic carbocycles. The number of anilines is 1. The van der Waals surface area contributed by atoms with Crippen molar-refractivity contribution in [2.45, 2.75) is 56.7 Å². The number of carbonyl (C=O) groups excluding carboxylic acids is 1. The lowest BCUT2D eigenvalue weighted by Crippen LogP contribution is -2.21. The van der Waals surface area contributed by atoms with Crippen LogP contribution >= 0.6 is 11.8 Å². The predicted molar refractivity (Wildman–Crippen MR) is 112 cm³/mol. The largest absolute Gasteiger partial charge is 0.494 e. The Morgan fingerprint density at radius 1 is 1.14 bits per heavy atom. The summed E-state index contributed by atoms with van der Waals surface area (Å²) in [5, 5.41) is 5.84. The van der Waals surface area contributed by atoms with Crippen molar-refractivity contribution < 1.29 is 9.53 Å². The van der Waals surface area contributed by atoms with Gasteiger partial charge < -0.3 is 10.1 Å². The molecule has 1 aliphatic heterocycles. The van der Waals surface area contributed by atoms with Crippen LogP contribution in [0.1, 0.15) is 67.9 Å². The number of nitrogens with zero attached hydrogens (tertiary/aromatic N) is 1. The first-order chi connectivity index (χ1) is 13.7. The average molecular weight is 402 g/mol. The van der Waals surface area contributed by atoms with Gasteiger partial charge in [-0.1, -0.05) is 38.3 Å². The Balaban J connectivity index is 1.70. The van der Waals surface area contributed by atoms with Gasteiger partial charge in [0.25, 0.3) is 5.56 Å². The number of H-pyrrole nitrogens is 1. The first-order valence-electron chi connectivity index (χ1n) is 10.2. The van der Waals surface area contributed by atoms with Crippen molar-refractivity contribution in [3.8, 4) is 5.75 Å². The SMILES string of the molecule is CCCOc1ccc(C2SCC(=O)Nc3c2c(=O)[nH]n3C2CCCCC2)cc1. The first-order valence-corrected chi connectivity index (χ1v) is 11.2. The van der Waals surface area contributed by atoms with Crippen LogP contribution in [0.15, 0.2) is 29.1 Å². The number of thioether (sulfide) groups is 1.